The summed E-state index contributed by atoms with van der Waals surface area (Å²) >= 11 is 0. The predicted octanol–water partition coefficient (Wildman–Crippen LogP) is 4.03. The molecule has 0 aliphatic heterocycles. The van der Waals surface area contributed by atoms with Crippen molar-refractivity contribution in [3.63, 3.8) is 0 Å². The normalized spacial score (nSPS) is 13.9. The molecule has 2 N–H and O–H groups in total. The van der Waals surface area contributed by atoms with Gasteiger partial charge in [0.15, 0.2) is 0 Å². The number of para-hydroxylation sites is 1. The lowest BCUT2D eigenvalue weighted by Gasteiger charge is -2.13. The quantitative estimate of drug-likeness (QED) is 0.788. The fourth-order valence-corrected chi connectivity index (χ4v) is 2.78. The van der Waals surface area contributed by atoms with Gasteiger partial charge in [-0.2, -0.15) is 0 Å². The summed E-state index contributed by atoms with van der Waals surface area (Å²) in [6, 6.07) is 11.0. The number of hydrogen-bond donors (Lipinski definition) is 2. The first-order chi connectivity index (χ1) is 11.8. The van der Waals surface area contributed by atoms with E-state index in [1.165, 1.54) is 37.6 Å². The van der Waals surface area contributed by atoms with Crippen LogP contribution in [0.4, 0.5) is 11.5 Å². The number of nitrogens with one attached hydrogen (secondary N) is 2. The molecule has 0 saturated heterocycles. The van der Waals surface area contributed by atoms with Crippen LogP contribution in [0.25, 0.3) is 0 Å². The molecule has 1 aliphatic rings. The Kier molecular flexibility index (Phi) is 5.56. The Hall–Kier alpha value is -2.69. The Bertz CT molecular complexity index is 712. The van der Waals surface area contributed by atoms with Crippen LogP contribution in [-0.4, -0.2) is 22.4 Å². The minimum Gasteiger partial charge on any atom is -0.370 e. The number of amides is 1. The van der Waals surface area contributed by atoms with Crippen molar-refractivity contribution in [1.82, 2.24) is 9.97 Å². The molecule has 5 nitrogen and oxygen atoms in total. The van der Waals surface area contributed by atoms with Gasteiger partial charge in [0.1, 0.15) is 17.8 Å². The highest BCUT2D eigenvalue weighted by Crippen LogP contribution is 2.20. The van der Waals surface area contributed by atoms with Crippen molar-refractivity contribution in [3.8, 4) is 0 Å². The first-order valence-electron chi connectivity index (χ1n) is 8.41. The van der Waals surface area contributed by atoms with Gasteiger partial charge >= 0.3 is 0 Å². The molecule has 1 aromatic heterocycles. The van der Waals surface area contributed by atoms with Crippen LogP contribution >= 0.6 is 0 Å². The topological polar surface area (TPSA) is 66.9 Å². The molecule has 1 heterocycles. The molecule has 0 unspecified atom stereocenters. The first-order valence-corrected chi connectivity index (χ1v) is 8.41. The Labute approximate surface area is 142 Å². The third-order valence-corrected chi connectivity index (χ3v) is 4.07. The minimum atomic E-state index is -0.235. The van der Waals surface area contributed by atoms with E-state index >= 15 is 0 Å². The van der Waals surface area contributed by atoms with Gasteiger partial charge in [-0.1, -0.05) is 29.8 Å². The summed E-state index contributed by atoms with van der Waals surface area (Å²) in [7, 11) is 0. The summed E-state index contributed by atoms with van der Waals surface area (Å²) in [5.41, 5.74) is 2.62. The van der Waals surface area contributed by atoms with Gasteiger partial charge in [-0.25, -0.2) is 9.97 Å². The molecule has 5 heteroatoms. The highest BCUT2D eigenvalue weighted by molar-refractivity contribution is 6.03. The summed E-state index contributed by atoms with van der Waals surface area (Å²) in [6.45, 7) is 0.822. The third kappa shape index (κ3) is 4.65. The van der Waals surface area contributed by atoms with Gasteiger partial charge in [0.25, 0.3) is 5.91 Å². The van der Waals surface area contributed by atoms with Crippen molar-refractivity contribution in [2.45, 2.75) is 32.1 Å². The van der Waals surface area contributed by atoms with Gasteiger partial charge < -0.3 is 10.6 Å². The second-order valence-corrected chi connectivity index (χ2v) is 5.89. The number of aromatic nitrogens is 2. The molecular formula is C19H22N4O. The van der Waals surface area contributed by atoms with E-state index in [-0.39, 0.29) is 5.91 Å². The molecule has 124 valence electrons. The van der Waals surface area contributed by atoms with Crippen LogP contribution in [0.2, 0.25) is 0 Å². The minimum absolute atomic E-state index is 0.235. The second kappa shape index (κ2) is 8.24. The smallest absolute Gasteiger partial charge is 0.274 e. The summed E-state index contributed by atoms with van der Waals surface area (Å²) in [4.78, 5) is 20.5. The maximum absolute atomic E-state index is 12.2. The van der Waals surface area contributed by atoms with E-state index in [2.05, 4.69) is 26.7 Å². The van der Waals surface area contributed by atoms with Crippen molar-refractivity contribution in [2.24, 2.45) is 0 Å². The first kappa shape index (κ1) is 16.2. The summed E-state index contributed by atoms with van der Waals surface area (Å²) in [5.74, 6) is 0.446. The molecule has 0 bridgehead atoms. The van der Waals surface area contributed by atoms with E-state index in [4.69, 9.17) is 0 Å². The number of carbonyl (C=O) groups excluding carboxylic acids is 1. The van der Waals surface area contributed by atoms with E-state index in [1.54, 1.807) is 6.07 Å². The molecule has 1 amide bonds. The molecule has 2 aromatic rings. The molecule has 0 fully saturated rings. The lowest BCUT2D eigenvalue weighted by molar-refractivity contribution is 0.102. The summed E-state index contributed by atoms with van der Waals surface area (Å²) in [5, 5.41) is 6.11. The summed E-state index contributed by atoms with van der Waals surface area (Å²) in [6.07, 6.45) is 9.80. The van der Waals surface area contributed by atoms with Crippen molar-refractivity contribution < 1.29 is 4.79 Å². The Morgan fingerprint density at radius 2 is 2.00 bits per heavy atom. The van der Waals surface area contributed by atoms with E-state index in [1.807, 2.05) is 30.3 Å². The lowest BCUT2D eigenvalue weighted by atomic mass is 9.97. The summed E-state index contributed by atoms with van der Waals surface area (Å²) < 4.78 is 0. The maximum atomic E-state index is 12.2. The van der Waals surface area contributed by atoms with E-state index in [9.17, 15) is 4.79 Å². The molecule has 24 heavy (non-hydrogen) atoms. The SMILES string of the molecule is O=C(Nc1ccccc1)c1cc(NCCC2=CCCCC2)ncn1. The van der Waals surface area contributed by atoms with E-state index in [0.717, 1.165) is 18.7 Å². The van der Waals surface area contributed by atoms with Gasteiger partial charge in [-0.05, 0) is 44.2 Å². The fraction of sp³-hybridized carbons (Fsp3) is 0.316. The third-order valence-electron chi connectivity index (χ3n) is 4.07. The van der Waals surface area contributed by atoms with Crippen LogP contribution in [0.1, 0.15) is 42.6 Å². The van der Waals surface area contributed by atoms with E-state index in [0.29, 0.717) is 11.5 Å². The molecule has 0 saturated carbocycles. The molecule has 1 aliphatic carbocycles. The number of benzene rings is 1. The molecule has 1 aromatic carbocycles. The van der Waals surface area contributed by atoms with Crippen LogP contribution < -0.4 is 10.6 Å². The van der Waals surface area contributed by atoms with Gasteiger partial charge in [0.2, 0.25) is 0 Å². The number of nitrogens with zero attached hydrogens (tertiary/aromatic N) is 2. The van der Waals surface area contributed by atoms with Crippen LogP contribution in [0.5, 0.6) is 0 Å². The maximum Gasteiger partial charge on any atom is 0.274 e. The average molecular weight is 322 g/mol. The van der Waals surface area contributed by atoms with E-state index < -0.39 is 0 Å². The molecule has 0 radical (unpaired) electrons. The Morgan fingerprint density at radius 3 is 2.79 bits per heavy atom. The fourth-order valence-electron chi connectivity index (χ4n) is 2.78. The van der Waals surface area contributed by atoms with Gasteiger partial charge in [0, 0.05) is 18.3 Å². The zero-order valence-corrected chi connectivity index (χ0v) is 13.7. The highest BCUT2D eigenvalue weighted by Gasteiger charge is 2.09. The van der Waals surface area contributed by atoms with Crippen molar-refractivity contribution in [3.05, 3.63) is 60.1 Å². The lowest BCUT2D eigenvalue weighted by Crippen LogP contribution is -2.15. The standard InChI is InChI=1S/C19H22N4O/c24-19(23-16-9-5-2-6-10-16)17-13-18(22-14-21-17)20-12-11-15-7-3-1-4-8-15/h2,5-7,9-10,13-14H,1,3-4,8,11-12H2,(H,23,24)(H,20,21,22). The van der Waals surface area contributed by atoms with Crippen molar-refractivity contribution in [2.75, 3.05) is 17.2 Å². The number of rotatable bonds is 6. The monoisotopic (exact) mass is 322 g/mol. The van der Waals surface area contributed by atoms with Crippen LogP contribution in [-0.2, 0) is 0 Å². The number of carbonyl (C=O) groups is 1. The predicted molar refractivity (Wildman–Crippen MR) is 96.1 cm³/mol. The number of anilines is 2. The Morgan fingerprint density at radius 1 is 1.12 bits per heavy atom. The second-order valence-electron chi connectivity index (χ2n) is 5.89. The Balaban J connectivity index is 1.55. The number of hydrogen-bond acceptors (Lipinski definition) is 4. The van der Waals surface area contributed by atoms with Gasteiger partial charge in [-0.3, -0.25) is 4.79 Å². The zero-order valence-electron chi connectivity index (χ0n) is 13.7. The highest BCUT2D eigenvalue weighted by atomic mass is 16.1. The molecule has 0 atom stereocenters. The largest absolute Gasteiger partial charge is 0.370 e. The van der Waals surface area contributed by atoms with Gasteiger partial charge in [-0.15, -0.1) is 0 Å². The van der Waals surface area contributed by atoms with Crippen LogP contribution in [0, 0.1) is 0 Å². The number of allylic oxidation sites excluding steroid dienone is 1. The zero-order chi connectivity index (χ0) is 16.6. The molecule has 3 rings (SSSR count). The molecular weight excluding hydrogens is 300 g/mol. The molecule has 0 spiro atoms. The van der Waals surface area contributed by atoms with Crippen LogP contribution in [0.3, 0.4) is 0 Å². The average Bonchev–Trinajstić information content (AvgIpc) is 2.64. The van der Waals surface area contributed by atoms with Gasteiger partial charge in [0.05, 0.1) is 0 Å². The van der Waals surface area contributed by atoms with Crippen molar-refractivity contribution in [1.29, 1.82) is 0 Å². The van der Waals surface area contributed by atoms with Crippen LogP contribution in [0.15, 0.2) is 54.4 Å². The van der Waals surface area contributed by atoms with Crippen molar-refractivity contribution >= 4 is 17.4 Å².